The molecular formula is C25H27N7O5. The number of H-pyrrole nitrogens is 1. The van der Waals surface area contributed by atoms with Gasteiger partial charge < -0.3 is 19.7 Å². The summed E-state index contributed by atoms with van der Waals surface area (Å²) in [6.45, 7) is 4.31. The van der Waals surface area contributed by atoms with Gasteiger partial charge in [-0.3, -0.25) is 10.1 Å². The van der Waals surface area contributed by atoms with Crippen molar-refractivity contribution in [2.45, 2.75) is 32.5 Å². The zero-order valence-corrected chi connectivity index (χ0v) is 20.9. The van der Waals surface area contributed by atoms with Crippen LogP contribution in [0.5, 0.6) is 5.88 Å². The van der Waals surface area contributed by atoms with E-state index in [0.29, 0.717) is 11.1 Å². The normalized spacial score (nSPS) is 11.6. The van der Waals surface area contributed by atoms with E-state index in [9.17, 15) is 20.0 Å². The highest BCUT2D eigenvalue weighted by molar-refractivity contribution is 5.88. The van der Waals surface area contributed by atoms with Gasteiger partial charge in [-0.2, -0.15) is 9.97 Å². The molecule has 12 nitrogen and oxygen atoms in total. The second-order valence-corrected chi connectivity index (χ2v) is 9.26. The minimum atomic E-state index is -1.31. The van der Waals surface area contributed by atoms with E-state index in [2.05, 4.69) is 24.8 Å². The van der Waals surface area contributed by atoms with E-state index < -0.39 is 16.6 Å². The van der Waals surface area contributed by atoms with Crippen molar-refractivity contribution < 1.29 is 19.6 Å². The van der Waals surface area contributed by atoms with Crippen molar-refractivity contribution in [2.75, 3.05) is 19.0 Å². The van der Waals surface area contributed by atoms with Gasteiger partial charge in [-0.05, 0) is 56.8 Å². The van der Waals surface area contributed by atoms with Crippen LogP contribution in [0.2, 0.25) is 0 Å². The Bertz CT molecular complexity index is 1430. The standard InChI is InChI=1S/C25H27N7O5/c1-25(2,18-8-10-19(11-9-18)32(35)36)31(24(33)34)23-28-21-20(26-15-27-21)22(29-23)37-14-17-7-5-6-16(12-17)13-30(3)4/h5-12,15H,13-14H2,1-4H3,(H,33,34)(H,26,27,28,29). The Morgan fingerprint density at radius 2 is 1.84 bits per heavy atom. The molecule has 0 aliphatic carbocycles. The molecule has 4 aromatic rings. The molecule has 0 atom stereocenters. The van der Waals surface area contributed by atoms with E-state index in [1.54, 1.807) is 13.8 Å². The molecule has 12 heteroatoms. The van der Waals surface area contributed by atoms with Gasteiger partial charge in [0.1, 0.15) is 12.1 Å². The Kier molecular flexibility index (Phi) is 7.02. The van der Waals surface area contributed by atoms with Gasteiger partial charge in [-0.1, -0.05) is 24.3 Å². The fourth-order valence-corrected chi connectivity index (χ4v) is 4.03. The number of nitrogens with zero attached hydrogens (tertiary/aromatic N) is 6. The van der Waals surface area contributed by atoms with Crippen LogP contribution in [0.15, 0.2) is 54.9 Å². The molecule has 0 unspecified atom stereocenters. The number of nitrogens with one attached hydrogen (secondary N) is 1. The number of anilines is 1. The molecular weight excluding hydrogens is 478 g/mol. The van der Waals surface area contributed by atoms with Gasteiger partial charge >= 0.3 is 6.09 Å². The molecule has 0 aliphatic heterocycles. The largest absolute Gasteiger partial charge is 0.471 e. The fraction of sp³-hybridized carbons (Fsp3) is 0.280. The van der Waals surface area contributed by atoms with E-state index in [1.807, 2.05) is 38.4 Å². The first-order chi connectivity index (χ1) is 17.6. The number of rotatable bonds is 9. The molecule has 2 heterocycles. The number of nitro groups is 1. The molecule has 0 bridgehead atoms. The lowest BCUT2D eigenvalue weighted by Gasteiger charge is -2.35. The Balaban J connectivity index is 1.68. The molecule has 1 amide bonds. The van der Waals surface area contributed by atoms with Crippen LogP contribution in [-0.4, -0.2) is 55.1 Å². The van der Waals surface area contributed by atoms with Crippen LogP contribution >= 0.6 is 0 Å². The smallest absolute Gasteiger partial charge is 0.415 e. The molecule has 0 spiro atoms. The highest BCUT2D eigenvalue weighted by atomic mass is 16.6. The zero-order chi connectivity index (χ0) is 26.7. The van der Waals surface area contributed by atoms with Crippen molar-refractivity contribution >= 4 is 28.9 Å². The molecule has 0 aliphatic rings. The lowest BCUT2D eigenvalue weighted by atomic mass is 9.92. The summed E-state index contributed by atoms with van der Waals surface area (Å²) in [5, 5.41) is 21.2. The summed E-state index contributed by atoms with van der Waals surface area (Å²) in [7, 11) is 3.99. The lowest BCUT2D eigenvalue weighted by molar-refractivity contribution is -0.384. The lowest BCUT2D eigenvalue weighted by Crippen LogP contribution is -2.46. The summed E-state index contributed by atoms with van der Waals surface area (Å²) in [6, 6.07) is 13.6. The first-order valence-corrected chi connectivity index (χ1v) is 11.4. The molecule has 4 rings (SSSR count). The van der Waals surface area contributed by atoms with E-state index in [1.165, 1.54) is 30.6 Å². The van der Waals surface area contributed by atoms with Crippen molar-refractivity contribution in [1.29, 1.82) is 0 Å². The number of hydrogen-bond donors (Lipinski definition) is 2. The maximum atomic E-state index is 12.5. The number of aromatic amines is 1. The molecule has 2 aromatic carbocycles. The van der Waals surface area contributed by atoms with Crippen LogP contribution < -0.4 is 9.64 Å². The maximum Gasteiger partial charge on any atom is 0.415 e. The first kappa shape index (κ1) is 25.5. The predicted octanol–water partition coefficient (Wildman–Crippen LogP) is 4.32. The Labute approximate surface area is 212 Å². The van der Waals surface area contributed by atoms with Crippen molar-refractivity contribution in [3.8, 4) is 5.88 Å². The molecule has 0 saturated carbocycles. The van der Waals surface area contributed by atoms with Gasteiger partial charge in [0, 0.05) is 18.7 Å². The predicted molar refractivity (Wildman–Crippen MR) is 136 cm³/mol. The number of benzene rings is 2. The van der Waals surface area contributed by atoms with Gasteiger partial charge in [-0.25, -0.2) is 14.7 Å². The second kappa shape index (κ2) is 10.2. The van der Waals surface area contributed by atoms with Crippen molar-refractivity contribution in [2.24, 2.45) is 0 Å². The van der Waals surface area contributed by atoms with Gasteiger partial charge in [0.2, 0.25) is 11.8 Å². The number of non-ortho nitro benzene ring substituents is 1. The van der Waals surface area contributed by atoms with Crippen molar-refractivity contribution in [1.82, 2.24) is 24.8 Å². The summed E-state index contributed by atoms with van der Waals surface area (Å²) in [4.78, 5) is 42.0. The van der Waals surface area contributed by atoms with Crippen molar-refractivity contribution in [3.63, 3.8) is 0 Å². The highest BCUT2D eigenvalue weighted by Gasteiger charge is 2.37. The Morgan fingerprint density at radius 3 is 2.49 bits per heavy atom. The van der Waals surface area contributed by atoms with Crippen LogP contribution in [-0.2, 0) is 18.7 Å². The van der Waals surface area contributed by atoms with Crippen molar-refractivity contribution in [3.05, 3.63) is 81.7 Å². The minimum absolute atomic E-state index is 0.0963. The summed E-state index contributed by atoms with van der Waals surface area (Å²) in [5.41, 5.74) is 1.98. The van der Waals surface area contributed by atoms with Crippen LogP contribution in [0, 0.1) is 10.1 Å². The summed E-state index contributed by atoms with van der Waals surface area (Å²) in [5.74, 6) is 0.0214. The highest BCUT2D eigenvalue weighted by Crippen LogP contribution is 2.34. The Morgan fingerprint density at radius 1 is 1.14 bits per heavy atom. The maximum absolute atomic E-state index is 12.5. The average Bonchev–Trinajstić information content (AvgIpc) is 3.31. The second-order valence-electron chi connectivity index (χ2n) is 9.26. The third kappa shape index (κ3) is 5.48. The number of amides is 1. The summed E-state index contributed by atoms with van der Waals surface area (Å²) < 4.78 is 6.02. The van der Waals surface area contributed by atoms with Gasteiger partial charge in [-0.15, -0.1) is 0 Å². The molecule has 192 valence electrons. The topological polar surface area (TPSA) is 151 Å². The van der Waals surface area contributed by atoms with Gasteiger partial charge in [0.05, 0.1) is 16.8 Å². The van der Waals surface area contributed by atoms with Crippen LogP contribution in [0.4, 0.5) is 16.4 Å². The van der Waals surface area contributed by atoms with E-state index in [4.69, 9.17) is 4.74 Å². The van der Waals surface area contributed by atoms with E-state index >= 15 is 0 Å². The minimum Gasteiger partial charge on any atom is -0.471 e. The van der Waals surface area contributed by atoms with Gasteiger partial charge in [0.15, 0.2) is 5.65 Å². The molecule has 0 fully saturated rings. The number of carbonyl (C=O) groups is 1. The van der Waals surface area contributed by atoms with Gasteiger partial charge in [0.25, 0.3) is 5.69 Å². The average molecular weight is 506 g/mol. The van der Waals surface area contributed by atoms with E-state index in [-0.39, 0.29) is 29.8 Å². The number of carboxylic acid groups (broad SMARTS) is 1. The zero-order valence-electron chi connectivity index (χ0n) is 20.9. The fourth-order valence-electron chi connectivity index (χ4n) is 4.03. The molecule has 2 N–H and O–H groups in total. The Hall–Kier alpha value is -4.58. The number of imidazole rings is 1. The van der Waals surface area contributed by atoms with Crippen LogP contribution in [0.1, 0.15) is 30.5 Å². The van der Waals surface area contributed by atoms with Crippen LogP contribution in [0.25, 0.3) is 11.2 Å². The molecule has 2 aromatic heterocycles. The summed E-state index contributed by atoms with van der Waals surface area (Å²) >= 11 is 0. The number of ether oxygens (including phenoxy) is 1. The number of aromatic nitrogens is 4. The quantitative estimate of drug-likeness (QED) is 0.250. The van der Waals surface area contributed by atoms with E-state index in [0.717, 1.165) is 22.6 Å². The number of hydrogen-bond acceptors (Lipinski definition) is 8. The van der Waals surface area contributed by atoms with Crippen LogP contribution in [0.3, 0.4) is 0 Å². The number of nitro benzene ring substituents is 1. The SMILES string of the molecule is CN(C)Cc1cccc(COc2nc(N(C(=O)O)C(C)(C)c3ccc([N+](=O)[O-])cc3)nc3nc[nH]c23)c1. The number of fused-ring (bicyclic) bond motifs is 1. The molecule has 0 radical (unpaired) electrons. The molecule has 0 saturated heterocycles. The third-order valence-electron chi connectivity index (χ3n) is 5.84. The first-order valence-electron chi connectivity index (χ1n) is 11.4. The monoisotopic (exact) mass is 505 g/mol. The molecule has 37 heavy (non-hydrogen) atoms. The summed E-state index contributed by atoms with van der Waals surface area (Å²) in [6.07, 6.45) is 0.126. The third-order valence-corrected chi connectivity index (χ3v) is 5.84.